The van der Waals surface area contributed by atoms with Crippen molar-refractivity contribution in [1.29, 1.82) is 0 Å². The second kappa shape index (κ2) is 5.78. The van der Waals surface area contributed by atoms with Crippen molar-refractivity contribution in [1.82, 2.24) is 4.90 Å². The molecule has 94 valence electrons. The molecule has 0 aromatic heterocycles. The first kappa shape index (κ1) is 13.7. The van der Waals surface area contributed by atoms with Crippen LogP contribution in [-0.2, 0) is 9.53 Å². The molecule has 1 rings (SSSR count). The molecule has 1 aliphatic rings. The number of rotatable bonds is 5. The molecule has 0 heterocycles. The zero-order valence-corrected chi connectivity index (χ0v) is 11.1. The Morgan fingerprint density at radius 3 is 2.81 bits per heavy atom. The SMILES string of the molecule is COCCN(C)CC1CC(C)(C)CCC1=O. The summed E-state index contributed by atoms with van der Waals surface area (Å²) < 4.78 is 5.04. The van der Waals surface area contributed by atoms with Crippen LogP contribution in [0.25, 0.3) is 0 Å². The Hall–Kier alpha value is -0.410. The molecule has 1 saturated carbocycles. The van der Waals surface area contributed by atoms with Gasteiger partial charge in [0.05, 0.1) is 6.61 Å². The second-order valence-electron chi connectivity index (χ2n) is 5.79. The normalized spacial score (nSPS) is 25.1. The lowest BCUT2D eigenvalue weighted by molar-refractivity contribution is -0.127. The average Bonchev–Trinajstić information content (AvgIpc) is 2.20. The first-order valence-electron chi connectivity index (χ1n) is 6.15. The fourth-order valence-corrected chi connectivity index (χ4v) is 2.43. The van der Waals surface area contributed by atoms with Crippen molar-refractivity contribution in [3.05, 3.63) is 0 Å². The molecule has 1 unspecified atom stereocenters. The van der Waals surface area contributed by atoms with Crippen molar-refractivity contribution in [2.75, 3.05) is 33.9 Å². The van der Waals surface area contributed by atoms with Crippen LogP contribution >= 0.6 is 0 Å². The summed E-state index contributed by atoms with van der Waals surface area (Å²) in [5.74, 6) is 0.675. The van der Waals surface area contributed by atoms with E-state index in [0.717, 1.165) is 39.0 Å². The molecule has 0 saturated heterocycles. The van der Waals surface area contributed by atoms with Gasteiger partial charge in [-0.15, -0.1) is 0 Å². The Labute approximate surface area is 99.1 Å². The van der Waals surface area contributed by atoms with Gasteiger partial charge in [0.2, 0.25) is 0 Å². The smallest absolute Gasteiger partial charge is 0.137 e. The van der Waals surface area contributed by atoms with E-state index in [0.29, 0.717) is 11.2 Å². The Balaban J connectivity index is 2.42. The van der Waals surface area contributed by atoms with Crippen LogP contribution < -0.4 is 0 Å². The molecule has 0 aromatic rings. The minimum atomic E-state index is 0.227. The lowest BCUT2D eigenvalue weighted by Gasteiger charge is -2.35. The van der Waals surface area contributed by atoms with Crippen LogP contribution in [0, 0.1) is 11.3 Å². The molecule has 3 nitrogen and oxygen atoms in total. The van der Waals surface area contributed by atoms with Crippen LogP contribution in [0.15, 0.2) is 0 Å². The molecular weight excluding hydrogens is 202 g/mol. The van der Waals surface area contributed by atoms with Crippen LogP contribution in [0.3, 0.4) is 0 Å². The maximum atomic E-state index is 11.8. The molecule has 3 heteroatoms. The lowest BCUT2D eigenvalue weighted by Crippen LogP contribution is -2.38. The van der Waals surface area contributed by atoms with Gasteiger partial charge in [-0.3, -0.25) is 4.79 Å². The van der Waals surface area contributed by atoms with Gasteiger partial charge in [0.25, 0.3) is 0 Å². The third kappa shape index (κ3) is 4.22. The highest BCUT2D eigenvalue weighted by Crippen LogP contribution is 2.36. The summed E-state index contributed by atoms with van der Waals surface area (Å²) in [4.78, 5) is 14.0. The first-order chi connectivity index (χ1) is 7.44. The van der Waals surface area contributed by atoms with E-state index in [2.05, 4.69) is 25.8 Å². The molecule has 0 amide bonds. The zero-order valence-electron chi connectivity index (χ0n) is 11.1. The number of carbonyl (C=O) groups excluding carboxylic acids is 1. The summed E-state index contributed by atoms with van der Waals surface area (Å²) in [7, 11) is 3.77. The quantitative estimate of drug-likeness (QED) is 0.719. The number of methoxy groups -OCH3 is 1. The van der Waals surface area contributed by atoms with Gasteiger partial charge in [0.1, 0.15) is 5.78 Å². The van der Waals surface area contributed by atoms with Crippen LogP contribution in [0.4, 0.5) is 0 Å². The fraction of sp³-hybridized carbons (Fsp3) is 0.923. The summed E-state index contributed by atoms with van der Waals surface area (Å²) >= 11 is 0. The highest BCUT2D eigenvalue weighted by molar-refractivity contribution is 5.82. The number of carbonyl (C=O) groups is 1. The molecular formula is C13H25NO2. The van der Waals surface area contributed by atoms with Crippen molar-refractivity contribution in [2.24, 2.45) is 11.3 Å². The Morgan fingerprint density at radius 2 is 2.19 bits per heavy atom. The lowest BCUT2D eigenvalue weighted by atomic mass is 9.71. The van der Waals surface area contributed by atoms with E-state index in [1.165, 1.54) is 0 Å². The van der Waals surface area contributed by atoms with Crippen LogP contribution in [0.1, 0.15) is 33.1 Å². The summed E-state index contributed by atoms with van der Waals surface area (Å²) in [6.07, 6.45) is 2.84. The number of likely N-dealkylation sites (N-methyl/N-ethyl adjacent to an activating group) is 1. The minimum absolute atomic E-state index is 0.227. The highest BCUT2D eigenvalue weighted by atomic mass is 16.5. The Morgan fingerprint density at radius 1 is 1.50 bits per heavy atom. The van der Waals surface area contributed by atoms with Crippen LogP contribution in [0.5, 0.6) is 0 Å². The Bertz CT molecular complexity index is 238. The fourth-order valence-electron chi connectivity index (χ4n) is 2.43. The monoisotopic (exact) mass is 227 g/mol. The molecule has 0 aromatic carbocycles. The van der Waals surface area contributed by atoms with Gasteiger partial charge in [-0.25, -0.2) is 0 Å². The standard InChI is InChI=1S/C13H25NO2/c1-13(2)6-5-12(15)11(9-13)10-14(3)7-8-16-4/h11H,5-10H2,1-4H3. The number of hydrogen-bond donors (Lipinski definition) is 0. The molecule has 0 bridgehead atoms. The summed E-state index contributed by atoms with van der Waals surface area (Å²) in [6.45, 7) is 7.05. The van der Waals surface area contributed by atoms with E-state index >= 15 is 0 Å². The molecule has 1 fully saturated rings. The van der Waals surface area contributed by atoms with E-state index in [4.69, 9.17) is 4.74 Å². The van der Waals surface area contributed by atoms with E-state index in [9.17, 15) is 4.79 Å². The maximum absolute atomic E-state index is 11.8. The average molecular weight is 227 g/mol. The minimum Gasteiger partial charge on any atom is -0.383 e. The van der Waals surface area contributed by atoms with E-state index < -0.39 is 0 Å². The van der Waals surface area contributed by atoms with E-state index in [1.807, 2.05) is 0 Å². The topological polar surface area (TPSA) is 29.5 Å². The maximum Gasteiger partial charge on any atom is 0.137 e. The molecule has 0 spiro atoms. The van der Waals surface area contributed by atoms with Gasteiger partial charge in [-0.1, -0.05) is 13.8 Å². The predicted octanol–water partition coefficient (Wildman–Crippen LogP) is 1.96. The number of ketones is 1. The van der Waals surface area contributed by atoms with Gasteiger partial charge in [-0.2, -0.15) is 0 Å². The largest absolute Gasteiger partial charge is 0.383 e. The van der Waals surface area contributed by atoms with Crippen molar-refractivity contribution >= 4 is 5.78 Å². The molecule has 0 radical (unpaired) electrons. The van der Waals surface area contributed by atoms with Gasteiger partial charge in [-0.05, 0) is 25.3 Å². The number of Topliss-reactive ketones (excluding diaryl/α,β-unsaturated/α-hetero) is 1. The molecule has 16 heavy (non-hydrogen) atoms. The molecule has 0 aliphatic heterocycles. The number of nitrogens with zero attached hydrogens (tertiary/aromatic N) is 1. The van der Waals surface area contributed by atoms with Gasteiger partial charge >= 0.3 is 0 Å². The second-order valence-corrected chi connectivity index (χ2v) is 5.79. The zero-order chi connectivity index (χ0) is 12.2. The van der Waals surface area contributed by atoms with Crippen molar-refractivity contribution in [3.8, 4) is 0 Å². The van der Waals surface area contributed by atoms with Gasteiger partial charge < -0.3 is 9.64 Å². The Kier molecular flexibility index (Phi) is 4.93. The number of hydrogen-bond acceptors (Lipinski definition) is 3. The summed E-state index contributed by atoms with van der Waals surface area (Å²) in [5, 5.41) is 0. The van der Waals surface area contributed by atoms with Crippen LogP contribution in [0.2, 0.25) is 0 Å². The predicted molar refractivity (Wildman–Crippen MR) is 65.5 cm³/mol. The molecule has 0 N–H and O–H groups in total. The van der Waals surface area contributed by atoms with E-state index in [-0.39, 0.29) is 5.92 Å². The summed E-state index contributed by atoms with van der Waals surface area (Å²) in [5.41, 5.74) is 0.334. The highest BCUT2D eigenvalue weighted by Gasteiger charge is 2.33. The van der Waals surface area contributed by atoms with Crippen LogP contribution in [-0.4, -0.2) is 44.5 Å². The van der Waals surface area contributed by atoms with Gasteiger partial charge in [0, 0.05) is 32.5 Å². The third-order valence-electron chi connectivity index (χ3n) is 3.51. The molecule has 1 atom stereocenters. The van der Waals surface area contributed by atoms with Crippen molar-refractivity contribution < 1.29 is 9.53 Å². The summed E-state index contributed by atoms with van der Waals surface area (Å²) in [6, 6.07) is 0. The number of ether oxygens (including phenoxy) is 1. The van der Waals surface area contributed by atoms with E-state index in [1.54, 1.807) is 7.11 Å². The third-order valence-corrected chi connectivity index (χ3v) is 3.51. The molecule has 1 aliphatic carbocycles. The van der Waals surface area contributed by atoms with Gasteiger partial charge in [0.15, 0.2) is 0 Å². The first-order valence-corrected chi connectivity index (χ1v) is 6.15. The van der Waals surface area contributed by atoms with Crippen molar-refractivity contribution in [3.63, 3.8) is 0 Å². The van der Waals surface area contributed by atoms with Crippen molar-refractivity contribution in [2.45, 2.75) is 33.1 Å².